The van der Waals surface area contributed by atoms with E-state index in [0.717, 1.165) is 18.4 Å². The molecule has 35 heavy (non-hydrogen) atoms. The SMILES string of the molecule is CC(C)(C)OC(=O)NC(CS)C(=O)N(C1CC1)C(C(=O)NCc1ccccc1)c1ccc(O)cc1. The van der Waals surface area contributed by atoms with Crippen LogP contribution in [-0.4, -0.2) is 51.4 Å². The minimum Gasteiger partial charge on any atom is -0.508 e. The van der Waals surface area contributed by atoms with Crippen LogP contribution < -0.4 is 10.6 Å². The average Bonchev–Trinajstić information content (AvgIpc) is 3.64. The molecule has 8 nitrogen and oxygen atoms in total. The Hall–Kier alpha value is -3.20. The summed E-state index contributed by atoms with van der Waals surface area (Å²) < 4.78 is 5.31. The van der Waals surface area contributed by atoms with Gasteiger partial charge in [0.05, 0.1) is 0 Å². The van der Waals surface area contributed by atoms with E-state index in [-0.39, 0.29) is 23.5 Å². The summed E-state index contributed by atoms with van der Waals surface area (Å²) in [5.41, 5.74) is 0.759. The fourth-order valence-corrected chi connectivity index (χ4v) is 3.91. The summed E-state index contributed by atoms with van der Waals surface area (Å²) in [4.78, 5) is 41.1. The second kappa shape index (κ2) is 11.5. The molecule has 0 radical (unpaired) electrons. The highest BCUT2D eigenvalue weighted by Crippen LogP contribution is 2.36. The zero-order chi connectivity index (χ0) is 25.6. The smallest absolute Gasteiger partial charge is 0.408 e. The molecule has 0 aromatic heterocycles. The number of alkyl carbamates (subject to hydrolysis) is 1. The first-order valence-electron chi connectivity index (χ1n) is 11.6. The summed E-state index contributed by atoms with van der Waals surface area (Å²) in [6.45, 7) is 5.50. The molecular formula is C26H33N3O5S. The Morgan fingerprint density at radius 1 is 1.09 bits per heavy atom. The molecule has 1 saturated carbocycles. The number of carbonyl (C=O) groups is 3. The van der Waals surface area contributed by atoms with Crippen molar-refractivity contribution < 1.29 is 24.2 Å². The minimum atomic E-state index is -0.977. The molecule has 3 rings (SSSR count). The molecule has 3 amide bonds. The zero-order valence-electron chi connectivity index (χ0n) is 20.2. The third-order valence-electron chi connectivity index (χ3n) is 5.41. The van der Waals surface area contributed by atoms with E-state index in [4.69, 9.17) is 4.74 Å². The third-order valence-corrected chi connectivity index (χ3v) is 5.78. The molecule has 1 fully saturated rings. The summed E-state index contributed by atoms with van der Waals surface area (Å²) in [6.07, 6.45) is 0.770. The van der Waals surface area contributed by atoms with Gasteiger partial charge in [-0.1, -0.05) is 42.5 Å². The van der Waals surface area contributed by atoms with Gasteiger partial charge in [-0.05, 0) is 56.9 Å². The van der Waals surface area contributed by atoms with E-state index in [2.05, 4.69) is 23.3 Å². The van der Waals surface area contributed by atoms with Crippen molar-refractivity contribution in [3.8, 4) is 5.75 Å². The second-order valence-electron chi connectivity index (χ2n) is 9.56. The van der Waals surface area contributed by atoms with Crippen molar-refractivity contribution in [3.63, 3.8) is 0 Å². The highest BCUT2D eigenvalue weighted by atomic mass is 32.1. The van der Waals surface area contributed by atoms with E-state index < -0.39 is 29.7 Å². The monoisotopic (exact) mass is 499 g/mol. The average molecular weight is 500 g/mol. The zero-order valence-corrected chi connectivity index (χ0v) is 21.1. The quantitative estimate of drug-likeness (QED) is 0.395. The number of amides is 3. The number of aromatic hydroxyl groups is 1. The van der Waals surface area contributed by atoms with Crippen molar-refractivity contribution in [2.75, 3.05) is 5.75 Å². The van der Waals surface area contributed by atoms with E-state index in [1.54, 1.807) is 32.9 Å². The van der Waals surface area contributed by atoms with Gasteiger partial charge in [-0.2, -0.15) is 12.6 Å². The maximum atomic E-state index is 13.7. The highest BCUT2D eigenvalue weighted by molar-refractivity contribution is 7.80. The number of rotatable bonds is 9. The van der Waals surface area contributed by atoms with Crippen LogP contribution in [0.5, 0.6) is 5.75 Å². The number of thiol groups is 1. The van der Waals surface area contributed by atoms with Crippen LogP contribution in [0, 0.1) is 0 Å². The number of hydrogen-bond acceptors (Lipinski definition) is 6. The van der Waals surface area contributed by atoms with Crippen LogP contribution in [0.25, 0.3) is 0 Å². The number of nitrogens with zero attached hydrogens (tertiary/aromatic N) is 1. The van der Waals surface area contributed by atoms with Crippen LogP contribution in [0.3, 0.4) is 0 Å². The lowest BCUT2D eigenvalue weighted by atomic mass is 10.0. The van der Waals surface area contributed by atoms with Gasteiger partial charge in [-0.15, -0.1) is 0 Å². The van der Waals surface area contributed by atoms with Crippen LogP contribution in [-0.2, 0) is 20.9 Å². The molecular weight excluding hydrogens is 466 g/mol. The fourth-order valence-electron chi connectivity index (χ4n) is 3.66. The maximum absolute atomic E-state index is 13.7. The van der Waals surface area contributed by atoms with E-state index >= 15 is 0 Å². The number of benzene rings is 2. The number of carbonyl (C=O) groups excluding carboxylic acids is 3. The molecule has 2 aromatic rings. The summed E-state index contributed by atoms with van der Waals surface area (Å²) in [6, 6.07) is 13.6. The lowest BCUT2D eigenvalue weighted by Gasteiger charge is -2.34. The van der Waals surface area contributed by atoms with Crippen LogP contribution in [0.15, 0.2) is 54.6 Å². The first-order valence-corrected chi connectivity index (χ1v) is 12.3. The molecule has 0 heterocycles. The number of phenolic OH excluding ortho intramolecular Hbond substituents is 1. The van der Waals surface area contributed by atoms with Gasteiger partial charge in [0, 0.05) is 18.3 Å². The normalized spacial score (nSPS) is 15.0. The highest BCUT2D eigenvalue weighted by Gasteiger charge is 2.43. The Balaban J connectivity index is 1.87. The number of hydrogen-bond donors (Lipinski definition) is 4. The molecule has 2 unspecified atom stereocenters. The number of ether oxygens (including phenoxy) is 1. The van der Waals surface area contributed by atoms with Gasteiger partial charge in [0.1, 0.15) is 23.4 Å². The molecule has 3 N–H and O–H groups in total. The van der Waals surface area contributed by atoms with E-state index in [9.17, 15) is 19.5 Å². The van der Waals surface area contributed by atoms with E-state index in [1.165, 1.54) is 17.0 Å². The van der Waals surface area contributed by atoms with Crippen molar-refractivity contribution in [2.24, 2.45) is 0 Å². The Labute approximate surface area is 211 Å². The van der Waals surface area contributed by atoms with Gasteiger partial charge in [0.15, 0.2) is 0 Å². The number of nitrogens with one attached hydrogen (secondary N) is 2. The molecule has 0 aliphatic heterocycles. The molecule has 188 valence electrons. The fraction of sp³-hybridized carbons (Fsp3) is 0.423. The van der Waals surface area contributed by atoms with E-state index in [0.29, 0.717) is 12.1 Å². The van der Waals surface area contributed by atoms with Crippen molar-refractivity contribution in [2.45, 2.75) is 63.9 Å². The number of phenols is 1. The molecule has 0 saturated heterocycles. The standard InChI is InChI=1S/C26H33N3O5S/c1-26(2,3)34-25(33)28-21(16-35)24(32)29(19-11-12-19)22(18-9-13-20(30)14-10-18)23(31)27-15-17-7-5-4-6-8-17/h4-10,13-14,19,21-22,30,35H,11-12,15-16H2,1-3H3,(H,27,31)(H,28,33). The van der Waals surface area contributed by atoms with Crippen LogP contribution in [0.1, 0.15) is 50.8 Å². The predicted octanol–water partition coefficient (Wildman–Crippen LogP) is 3.56. The van der Waals surface area contributed by atoms with Gasteiger partial charge in [-0.25, -0.2) is 4.79 Å². The van der Waals surface area contributed by atoms with Crippen LogP contribution in [0.2, 0.25) is 0 Å². The predicted molar refractivity (Wildman–Crippen MR) is 136 cm³/mol. The summed E-state index contributed by atoms with van der Waals surface area (Å²) in [5.74, 6) is -0.674. The van der Waals surface area contributed by atoms with Gasteiger partial charge >= 0.3 is 6.09 Å². The second-order valence-corrected chi connectivity index (χ2v) is 9.92. The van der Waals surface area contributed by atoms with Crippen molar-refractivity contribution in [3.05, 3.63) is 65.7 Å². The first kappa shape index (κ1) is 26.4. The van der Waals surface area contributed by atoms with Crippen molar-refractivity contribution >= 4 is 30.5 Å². The summed E-state index contributed by atoms with van der Waals surface area (Å²) in [5, 5.41) is 15.3. The van der Waals surface area contributed by atoms with Gasteiger partial charge in [0.25, 0.3) is 0 Å². The van der Waals surface area contributed by atoms with Crippen LogP contribution >= 0.6 is 12.6 Å². The van der Waals surface area contributed by atoms with E-state index in [1.807, 2.05) is 30.3 Å². The molecule has 2 atom stereocenters. The first-order chi connectivity index (χ1) is 16.6. The Kier molecular flexibility index (Phi) is 8.67. The summed E-state index contributed by atoms with van der Waals surface area (Å²) in [7, 11) is 0. The molecule has 1 aliphatic carbocycles. The maximum Gasteiger partial charge on any atom is 0.408 e. The molecule has 2 aromatic carbocycles. The third kappa shape index (κ3) is 7.65. The van der Waals surface area contributed by atoms with Gasteiger partial charge in [-0.3, -0.25) is 9.59 Å². The molecule has 9 heteroatoms. The lowest BCUT2D eigenvalue weighted by Crippen LogP contribution is -2.54. The van der Waals surface area contributed by atoms with Crippen molar-refractivity contribution in [1.29, 1.82) is 0 Å². The van der Waals surface area contributed by atoms with Crippen molar-refractivity contribution in [1.82, 2.24) is 15.5 Å². The van der Waals surface area contributed by atoms with Gasteiger partial charge in [0.2, 0.25) is 11.8 Å². The topological polar surface area (TPSA) is 108 Å². The lowest BCUT2D eigenvalue weighted by molar-refractivity contribution is -0.142. The Morgan fingerprint density at radius 2 is 1.71 bits per heavy atom. The van der Waals surface area contributed by atoms with Crippen LogP contribution in [0.4, 0.5) is 4.79 Å². The Morgan fingerprint density at radius 3 is 2.26 bits per heavy atom. The van der Waals surface area contributed by atoms with Gasteiger partial charge < -0.3 is 25.4 Å². The molecule has 0 bridgehead atoms. The largest absolute Gasteiger partial charge is 0.508 e. The molecule has 0 spiro atoms. The molecule has 1 aliphatic rings. The minimum absolute atomic E-state index is 0.0369. The summed E-state index contributed by atoms with van der Waals surface area (Å²) >= 11 is 4.28. The Bertz CT molecular complexity index is 1020.